The summed E-state index contributed by atoms with van der Waals surface area (Å²) in [6.07, 6.45) is 1.51. The Labute approximate surface area is 143 Å². The van der Waals surface area contributed by atoms with Crippen LogP contribution in [-0.4, -0.2) is 38.2 Å². The lowest BCUT2D eigenvalue weighted by Gasteiger charge is -2.24. The molecule has 0 heterocycles. The molecule has 0 aliphatic carbocycles. The first-order valence-corrected chi connectivity index (χ1v) is 8.48. The zero-order valence-electron chi connectivity index (χ0n) is 14.5. The maximum absolute atomic E-state index is 12.9. The fourth-order valence-corrected chi connectivity index (χ4v) is 3.14. The van der Waals surface area contributed by atoms with E-state index in [0.717, 1.165) is 6.42 Å². The highest BCUT2D eigenvalue weighted by Gasteiger charge is 2.43. The van der Waals surface area contributed by atoms with Crippen molar-refractivity contribution in [3.8, 4) is 11.5 Å². The monoisotopic (exact) mass is 354 g/mol. The number of unbranched alkanes of at least 4 members (excludes halogenated alkanes) is 1. The second-order valence-corrected chi connectivity index (χ2v) is 6.39. The Hall–Kier alpha value is -1.94. The number of hydrogen-bond donors (Lipinski definition) is 0. The topological polar surface area (TPSA) is 78.9 Å². The number of hydrogen-bond acceptors (Lipinski definition) is 6. The summed E-state index contributed by atoms with van der Waals surface area (Å²) in [4.78, 5) is 25.1. The van der Waals surface area contributed by atoms with Gasteiger partial charge in [0, 0.05) is 6.42 Å². The zero-order chi connectivity index (χ0) is 18.2. The molecule has 1 unspecified atom stereocenters. The van der Waals surface area contributed by atoms with Crippen molar-refractivity contribution < 1.29 is 28.4 Å². The first-order chi connectivity index (χ1) is 11.5. The fourth-order valence-electron chi connectivity index (χ4n) is 2.52. The molecule has 0 radical (unpaired) electrons. The van der Waals surface area contributed by atoms with Crippen LogP contribution in [0.1, 0.15) is 43.0 Å². The van der Waals surface area contributed by atoms with E-state index in [1.54, 1.807) is 18.2 Å². The molecule has 24 heavy (non-hydrogen) atoms. The second-order valence-electron chi connectivity index (χ2n) is 5.36. The van der Waals surface area contributed by atoms with Crippen molar-refractivity contribution in [2.45, 2.75) is 37.8 Å². The summed E-state index contributed by atoms with van der Waals surface area (Å²) in [5, 5.41) is -1.40. The van der Waals surface area contributed by atoms with Gasteiger partial charge in [-0.3, -0.25) is 14.2 Å². The largest absolute Gasteiger partial charge is 0.496 e. The lowest BCUT2D eigenvalue weighted by atomic mass is 9.91. The Bertz CT molecular complexity index is 578. The lowest BCUT2D eigenvalue weighted by molar-refractivity contribution is -0.143. The van der Waals surface area contributed by atoms with Gasteiger partial charge in [0.25, 0.3) is 0 Å². The van der Waals surface area contributed by atoms with Crippen LogP contribution in [0, 0.1) is 0 Å². The molecule has 6 nitrogen and oxygen atoms in total. The SMILES string of the molecule is CCCCC(CC(=O)c1c(OC)cccc1OC)(P=O)C(=O)OC. The molecule has 0 aliphatic heterocycles. The summed E-state index contributed by atoms with van der Waals surface area (Å²) >= 11 is 0. The van der Waals surface area contributed by atoms with Crippen LogP contribution in [-0.2, 0) is 14.1 Å². The number of ether oxygens (including phenoxy) is 3. The van der Waals surface area contributed by atoms with Crippen LogP contribution in [0.25, 0.3) is 0 Å². The van der Waals surface area contributed by atoms with Crippen molar-refractivity contribution in [1.82, 2.24) is 0 Å². The van der Waals surface area contributed by atoms with E-state index in [1.165, 1.54) is 21.3 Å². The molecule has 1 rings (SSSR count). The summed E-state index contributed by atoms with van der Waals surface area (Å²) in [5.74, 6) is -0.351. The number of Topliss-reactive ketones (excluding diaryl/α,β-unsaturated/α-hetero) is 1. The average Bonchev–Trinajstić information content (AvgIpc) is 2.63. The minimum atomic E-state index is -1.40. The molecule has 0 N–H and O–H groups in total. The van der Waals surface area contributed by atoms with E-state index in [1.807, 2.05) is 6.92 Å². The van der Waals surface area contributed by atoms with Crippen LogP contribution in [0.3, 0.4) is 0 Å². The Morgan fingerprint density at radius 3 is 2.12 bits per heavy atom. The minimum absolute atomic E-state index is 0.232. The molecule has 0 bridgehead atoms. The number of esters is 1. The van der Waals surface area contributed by atoms with Crippen LogP contribution in [0.15, 0.2) is 18.2 Å². The van der Waals surface area contributed by atoms with Crippen molar-refractivity contribution in [1.29, 1.82) is 0 Å². The normalized spacial score (nSPS) is 13.2. The molecule has 0 amide bonds. The number of ketones is 1. The van der Waals surface area contributed by atoms with Gasteiger partial charge in [0.2, 0.25) is 0 Å². The van der Waals surface area contributed by atoms with E-state index < -0.39 is 19.6 Å². The summed E-state index contributed by atoms with van der Waals surface area (Å²) in [6, 6.07) is 4.97. The highest BCUT2D eigenvalue weighted by Crippen LogP contribution is 2.38. The van der Waals surface area contributed by atoms with Gasteiger partial charge in [0.15, 0.2) is 19.4 Å². The van der Waals surface area contributed by atoms with Crippen molar-refractivity contribution in [3.63, 3.8) is 0 Å². The third kappa shape index (κ3) is 4.32. The molecule has 7 heteroatoms. The van der Waals surface area contributed by atoms with E-state index in [4.69, 9.17) is 14.2 Å². The minimum Gasteiger partial charge on any atom is -0.496 e. The smallest absolute Gasteiger partial charge is 0.324 e. The van der Waals surface area contributed by atoms with Gasteiger partial charge < -0.3 is 14.2 Å². The molecular formula is C17H23O6P. The molecule has 0 saturated heterocycles. The molecule has 0 aromatic heterocycles. The standard InChI is InChI=1S/C17H23O6P/c1-5-6-10-17(24-20,16(19)23-4)11-12(18)15-13(21-2)8-7-9-14(15)22-3/h7-9H,5-6,10-11H2,1-4H3. The molecule has 1 aromatic carbocycles. The van der Waals surface area contributed by atoms with E-state index in [-0.39, 0.29) is 17.8 Å². The molecule has 1 aromatic rings. The quantitative estimate of drug-likeness (QED) is 0.362. The Morgan fingerprint density at radius 1 is 1.12 bits per heavy atom. The molecule has 0 fully saturated rings. The van der Waals surface area contributed by atoms with Gasteiger partial charge in [-0.05, 0) is 18.6 Å². The van der Waals surface area contributed by atoms with Crippen LogP contribution < -0.4 is 9.47 Å². The van der Waals surface area contributed by atoms with E-state index in [9.17, 15) is 14.2 Å². The van der Waals surface area contributed by atoms with Gasteiger partial charge in [0.1, 0.15) is 17.1 Å². The van der Waals surface area contributed by atoms with Crippen LogP contribution in [0.5, 0.6) is 11.5 Å². The van der Waals surface area contributed by atoms with Gasteiger partial charge in [-0.15, -0.1) is 0 Å². The second kappa shape index (κ2) is 9.38. The van der Waals surface area contributed by atoms with Crippen molar-refractivity contribution >= 4 is 20.2 Å². The predicted octanol–water partition coefficient (Wildman–Crippen LogP) is 3.67. The van der Waals surface area contributed by atoms with Gasteiger partial charge in [-0.2, -0.15) is 0 Å². The first kappa shape index (κ1) is 20.1. The van der Waals surface area contributed by atoms with Gasteiger partial charge in [0.05, 0.1) is 21.3 Å². The van der Waals surface area contributed by atoms with E-state index in [0.29, 0.717) is 24.3 Å². The summed E-state index contributed by atoms with van der Waals surface area (Å²) in [7, 11) is 3.68. The predicted molar refractivity (Wildman–Crippen MR) is 90.4 cm³/mol. The Balaban J connectivity index is 3.26. The number of methoxy groups -OCH3 is 3. The third-order valence-electron chi connectivity index (χ3n) is 3.84. The van der Waals surface area contributed by atoms with E-state index in [2.05, 4.69) is 0 Å². The number of benzene rings is 1. The third-order valence-corrected chi connectivity index (χ3v) is 4.76. The van der Waals surface area contributed by atoms with E-state index >= 15 is 0 Å². The van der Waals surface area contributed by atoms with Gasteiger partial charge in [-0.1, -0.05) is 25.8 Å². The number of rotatable bonds is 10. The first-order valence-electron chi connectivity index (χ1n) is 7.66. The molecule has 0 saturated carbocycles. The fraction of sp³-hybridized carbons (Fsp3) is 0.529. The van der Waals surface area contributed by atoms with Gasteiger partial charge >= 0.3 is 5.97 Å². The highest BCUT2D eigenvalue weighted by molar-refractivity contribution is 7.28. The Morgan fingerprint density at radius 2 is 1.71 bits per heavy atom. The average molecular weight is 354 g/mol. The van der Waals surface area contributed by atoms with Crippen molar-refractivity contribution in [2.75, 3.05) is 21.3 Å². The van der Waals surface area contributed by atoms with Crippen LogP contribution in [0.4, 0.5) is 0 Å². The number of carbonyl (C=O) groups is 2. The Kier molecular flexibility index (Phi) is 7.86. The zero-order valence-corrected chi connectivity index (χ0v) is 15.4. The van der Waals surface area contributed by atoms with Gasteiger partial charge in [-0.25, -0.2) is 0 Å². The molecular weight excluding hydrogens is 331 g/mol. The van der Waals surface area contributed by atoms with Crippen molar-refractivity contribution in [2.24, 2.45) is 0 Å². The molecule has 0 spiro atoms. The maximum atomic E-state index is 12.9. The van der Waals surface area contributed by atoms with Crippen LogP contribution >= 0.6 is 8.46 Å². The summed E-state index contributed by atoms with van der Waals surface area (Å²) in [5.41, 5.74) is 0.232. The highest BCUT2D eigenvalue weighted by atomic mass is 31.1. The van der Waals surface area contributed by atoms with Crippen LogP contribution in [0.2, 0.25) is 0 Å². The molecule has 0 aliphatic rings. The lowest BCUT2D eigenvalue weighted by Crippen LogP contribution is -2.36. The number of carbonyl (C=O) groups excluding carboxylic acids is 2. The summed E-state index contributed by atoms with van der Waals surface area (Å²) in [6.45, 7) is 1.95. The van der Waals surface area contributed by atoms with Crippen molar-refractivity contribution in [3.05, 3.63) is 23.8 Å². The molecule has 132 valence electrons. The maximum Gasteiger partial charge on any atom is 0.324 e. The molecule has 1 atom stereocenters. The summed E-state index contributed by atoms with van der Waals surface area (Å²) < 4.78 is 27.0.